The molecular weight excluding hydrogens is 417 g/mol. The van der Waals surface area contributed by atoms with Gasteiger partial charge in [-0.25, -0.2) is 4.98 Å². The first kappa shape index (κ1) is 19.8. The quantitative estimate of drug-likeness (QED) is 0.479. The van der Waals surface area contributed by atoms with Crippen molar-refractivity contribution in [1.82, 2.24) is 15.1 Å². The maximum absolute atomic E-state index is 12.9. The summed E-state index contributed by atoms with van der Waals surface area (Å²) in [6.45, 7) is 0. The Morgan fingerprint density at radius 3 is 2.77 bits per heavy atom. The van der Waals surface area contributed by atoms with Gasteiger partial charge in [0.15, 0.2) is 16.6 Å². The fourth-order valence-electron chi connectivity index (χ4n) is 2.69. The lowest BCUT2D eigenvalue weighted by molar-refractivity contribution is -0.137. The van der Waals surface area contributed by atoms with E-state index in [2.05, 4.69) is 20.4 Å². The van der Waals surface area contributed by atoms with Gasteiger partial charge in [0.1, 0.15) is 0 Å². The summed E-state index contributed by atoms with van der Waals surface area (Å²) in [5, 5.41) is 6.68. The number of aromatic nitrogens is 3. The molecule has 0 saturated carbocycles. The molecule has 0 aliphatic carbocycles. The summed E-state index contributed by atoms with van der Waals surface area (Å²) in [6, 6.07) is 10.1. The Bertz CT molecular complexity index is 1170. The molecule has 0 bridgehead atoms. The Kier molecular flexibility index (Phi) is 5.32. The van der Waals surface area contributed by atoms with Gasteiger partial charge in [0.25, 0.3) is 5.91 Å². The van der Waals surface area contributed by atoms with Gasteiger partial charge in [-0.2, -0.15) is 13.2 Å². The summed E-state index contributed by atoms with van der Waals surface area (Å²) in [5.74, 6) is -0.105. The van der Waals surface area contributed by atoms with Crippen LogP contribution in [0.15, 0.2) is 65.6 Å². The highest BCUT2D eigenvalue weighted by molar-refractivity contribution is 7.15. The van der Waals surface area contributed by atoms with Crippen LogP contribution in [0, 0.1) is 0 Å². The predicted molar refractivity (Wildman–Crippen MR) is 104 cm³/mol. The summed E-state index contributed by atoms with van der Waals surface area (Å²) in [5.41, 5.74) is 0.558. The maximum atomic E-state index is 12.9. The minimum Gasteiger partial charge on any atom is -0.355 e. The Balaban J connectivity index is 1.43. The number of anilines is 1. The average Bonchev–Trinajstić information content (AvgIpc) is 3.38. The number of hydrogen-bond donors (Lipinski definition) is 1. The van der Waals surface area contributed by atoms with E-state index < -0.39 is 17.6 Å². The fraction of sp³-hybridized carbons (Fsp3) is 0.100. The number of hydrogen-bond acceptors (Lipinski definition) is 6. The van der Waals surface area contributed by atoms with Crippen LogP contribution >= 0.6 is 11.3 Å². The molecule has 3 aromatic heterocycles. The second kappa shape index (κ2) is 8.07. The van der Waals surface area contributed by atoms with Crippen LogP contribution in [0.25, 0.3) is 11.3 Å². The Morgan fingerprint density at radius 2 is 2.00 bits per heavy atom. The van der Waals surface area contributed by atoms with E-state index in [9.17, 15) is 18.0 Å². The van der Waals surface area contributed by atoms with Crippen LogP contribution in [0.4, 0.5) is 18.3 Å². The molecule has 152 valence electrons. The molecule has 3 heterocycles. The van der Waals surface area contributed by atoms with Crippen LogP contribution < -0.4 is 5.32 Å². The number of rotatable bonds is 5. The molecule has 6 nitrogen and oxygen atoms in total. The van der Waals surface area contributed by atoms with E-state index in [0.29, 0.717) is 26.9 Å². The van der Waals surface area contributed by atoms with Crippen LogP contribution in [0.3, 0.4) is 0 Å². The molecule has 0 saturated heterocycles. The van der Waals surface area contributed by atoms with Crippen LogP contribution in [-0.4, -0.2) is 21.0 Å². The molecule has 1 aromatic carbocycles. The first-order valence-corrected chi connectivity index (χ1v) is 9.49. The van der Waals surface area contributed by atoms with E-state index in [-0.39, 0.29) is 12.1 Å². The van der Waals surface area contributed by atoms with Crippen molar-refractivity contribution < 1.29 is 22.5 Å². The highest BCUT2D eigenvalue weighted by Crippen LogP contribution is 2.30. The fourth-order valence-corrected chi connectivity index (χ4v) is 3.54. The molecule has 0 unspecified atom stereocenters. The third-order valence-corrected chi connectivity index (χ3v) is 5.01. The van der Waals surface area contributed by atoms with Crippen molar-refractivity contribution in [2.45, 2.75) is 12.6 Å². The maximum Gasteiger partial charge on any atom is 0.416 e. The highest BCUT2D eigenvalue weighted by atomic mass is 32.1. The highest BCUT2D eigenvalue weighted by Gasteiger charge is 2.30. The molecule has 0 radical (unpaired) electrons. The Morgan fingerprint density at radius 1 is 1.13 bits per heavy atom. The zero-order valence-electron chi connectivity index (χ0n) is 15.2. The molecule has 0 spiro atoms. The normalized spacial score (nSPS) is 11.4. The zero-order valence-corrected chi connectivity index (χ0v) is 16.0. The smallest absolute Gasteiger partial charge is 0.355 e. The number of amides is 1. The summed E-state index contributed by atoms with van der Waals surface area (Å²) < 4.78 is 43.7. The zero-order chi connectivity index (χ0) is 21.1. The molecule has 0 atom stereocenters. The SMILES string of the molecule is O=C(Nc1ncc(Cc2cccc(C(F)(F)F)c2)s1)c1cc(-c2cccnc2)on1. The minimum absolute atomic E-state index is 0.0727. The van der Waals surface area contributed by atoms with Gasteiger partial charge >= 0.3 is 6.18 Å². The lowest BCUT2D eigenvalue weighted by atomic mass is 10.1. The van der Waals surface area contributed by atoms with Gasteiger partial charge in [-0.15, -0.1) is 11.3 Å². The van der Waals surface area contributed by atoms with Crippen molar-refractivity contribution in [1.29, 1.82) is 0 Å². The van der Waals surface area contributed by atoms with Crippen molar-refractivity contribution in [3.05, 3.63) is 82.8 Å². The van der Waals surface area contributed by atoms with Crippen LogP contribution in [0.5, 0.6) is 0 Å². The Hall–Kier alpha value is -3.53. The first-order chi connectivity index (χ1) is 14.4. The number of benzene rings is 1. The molecule has 1 amide bonds. The number of carbonyl (C=O) groups excluding carboxylic acids is 1. The van der Waals surface area contributed by atoms with E-state index in [4.69, 9.17) is 4.52 Å². The van der Waals surface area contributed by atoms with Crippen molar-refractivity contribution in [3.8, 4) is 11.3 Å². The van der Waals surface area contributed by atoms with E-state index >= 15 is 0 Å². The summed E-state index contributed by atoms with van der Waals surface area (Å²) in [4.78, 5) is 21.2. The third kappa shape index (κ3) is 4.54. The van der Waals surface area contributed by atoms with Crippen LogP contribution in [0.2, 0.25) is 0 Å². The molecule has 10 heteroatoms. The van der Waals surface area contributed by atoms with Crippen LogP contribution in [0.1, 0.15) is 26.5 Å². The molecule has 1 N–H and O–H groups in total. The monoisotopic (exact) mass is 430 g/mol. The number of halogens is 3. The summed E-state index contributed by atoms with van der Waals surface area (Å²) in [7, 11) is 0. The first-order valence-electron chi connectivity index (χ1n) is 8.68. The summed E-state index contributed by atoms with van der Waals surface area (Å²) in [6.07, 6.45) is 0.599. The molecular formula is C20H13F3N4O2S. The topological polar surface area (TPSA) is 80.9 Å². The van der Waals surface area contributed by atoms with Gasteiger partial charge in [-0.3, -0.25) is 15.1 Å². The van der Waals surface area contributed by atoms with Gasteiger partial charge in [0, 0.05) is 41.5 Å². The van der Waals surface area contributed by atoms with Gasteiger partial charge in [-0.05, 0) is 23.8 Å². The van der Waals surface area contributed by atoms with Crippen LogP contribution in [-0.2, 0) is 12.6 Å². The van der Waals surface area contributed by atoms with Crippen molar-refractivity contribution in [3.63, 3.8) is 0 Å². The standard InChI is InChI=1S/C20H13F3N4O2S/c21-20(22,23)14-5-1-3-12(7-14)8-15-11-25-19(30-15)26-18(28)16-9-17(29-27-16)13-4-2-6-24-10-13/h1-7,9-11H,8H2,(H,25,26,28). The lowest BCUT2D eigenvalue weighted by Crippen LogP contribution is -2.11. The largest absolute Gasteiger partial charge is 0.416 e. The molecule has 4 aromatic rings. The number of alkyl halides is 3. The van der Waals surface area contributed by atoms with Crippen molar-refractivity contribution in [2.75, 3.05) is 5.32 Å². The van der Waals surface area contributed by atoms with E-state index in [0.717, 1.165) is 12.1 Å². The third-order valence-electron chi connectivity index (χ3n) is 4.10. The molecule has 0 fully saturated rings. The van der Waals surface area contributed by atoms with E-state index in [1.165, 1.54) is 29.7 Å². The second-order valence-corrected chi connectivity index (χ2v) is 7.39. The number of thiazole rings is 1. The number of pyridine rings is 1. The van der Waals surface area contributed by atoms with Gasteiger partial charge in [0.2, 0.25) is 0 Å². The van der Waals surface area contributed by atoms with Gasteiger partial charge < -0.3 is 4.52 Å². The number of nitrogens with zero attached hydrogens (tertiary/aromatic N) is 3. The molecule has 30 heavy (non-hydrogen) atoms. The van der Waals surface area contributed by atoms with Crippen molar-refractivity contribution in [2.24, 2.45) is 0 Å². The Labute approximate surface area is 172 Å². The van der Waals surface area contributed by atoms with Gasteiger partial charge in [0.05, 0.1) is 5.56 Å². The van der Waals surface area contributed by atoms with Gasteiger partial charge in [-0.1, -0.05) is 23.4 Å². The van der Waals surface area contributed by atoms with Crippen molar-refractivity contribution >= 4 is 22.4 Å². The number of nitrogens with one attached hydrogen (secondary N) is 1. The molecule has 0 aliphatic rings. The number of carbonyl (C=O) groups is 1. The predicted octanol–water partition coefficient (Wildman–Crippen LogP) is 5.06. The van der Waals surface area contributed by atoms with E-state index in [1.54, 1.807) is 30.6 Å². The van der Waals surface area contributed by atoms with E-state index in [1.807, 2.05) is 0 Å². The molecule has 0 aliphatic heterocycles. The molecule has 4 rings (SSSR count). The lowest BCUT2D eigenvalue weighted by Gasteiger charge is -2.07. The summed E-state index contributed by atoms with van der Waals surface area (Å²) >= 11 is 1.17. The second-order valence-electron chi connectivity index (χ2n) is 6.28. The minimum atomic E-state index is -4.39. The average molecular weight is 430 g/mol.